The maximum Gasteiger partial charge on any atom is 0.355 e. The molecule has 0 spiro atoms. The molecule has 4 aliphatic rings. The SMILES string of the molecule is COc1ccc(-c2c3ccc(=O)cc-3oc3cc(OCc4ccc(OC/C=C/C5=C(C(=O)OCc6ccc(N=[N+]=[N-])cc6)N6C(=O)[C@H](C(C)C)[C@H]6C5)c(C)c4)ccc23)c(C)c1. The van der Waals surface area contributed by atoms with Crippen LogP contribution in [0.15, 0.2) is 135 Å². The average Bonchev–Trinajstić information content (AvgIpc) is 3.57. The van der Waals surface area contributed by atoms with Crippen LogP contribution in [0.2, 0.25) is 0 Å². The number of hydrogen-bond acceptors (Lipinski definition) is 9. The monoisotopic (exact) mass is 816 g/mol. The van der Waals surface area contributed by atoms with Crippen LogP contribution in [0.1, 0.15) is 42.5 Å². The Hall–Kier alpha value is -7.30. The summed E-state index contributed by atoms with van der Waals surface area (Å²) in [5, 5.41) is 4.46. The summed E-state index contributed by atoms with van der Waals surface area (Å²) < 4.78 is 29.8. The van der Waals surface area contributed by atoms with Gasteiger partial charge in [0.15, 0.2) is 5.43 Å². The second kappa shape index (κ2) is 17.1. The standard InChI is InChI=1S/C49H44N4O8/c1-28(2)45-41-23-33(47(53(41)48(45)55)49(56)60-26-31-8-11-34(12-9-31)51-52-50)7-6-20-58-42-19-10-32(21-30(42)4)27-59-37-15-18-40-44(25-37)61-43-24-35(54)13-16-39(43)46(40)38-17-14-36(57-5)22-29(38)3/h6-19,21-22,24-25,28,41,45H,20,23,26-27H2,1-5H3/b7-6+/t41-,45-/m1/s1. The fourth-order valence-corrected chi connectivity index (χ4v) is 8.30. The van der Waals surface area contributed by atoms with E-state index in [1.807, 2.05) is 101 Å². The van der Waals surface area contributed by atoms with Crippen molar-refractivity contribution >= 4 is 28.5 Å². The zero-order chi connectivity index (χ0) is 42.8. The Bertz CT molecular complexity index is 2820. The van der Waals surface area contributed by atoms with Gasteiger partial charge in [0.05, 0.1) is 19.1 Å². The average molecular weight is 817 g/mol. The summed E-state index contributed by atoms with van der Waals surface area (Å²) in [6.07, 6.45) is 4.25. The number of amides is 1. The van der Waals surface area contributed by atoms with Crippen molar-refractivity contribution < 1.29 is 33.0 Å². The molecular formula is C49H44N4O8. The van der Waals surface area contributed by atoms with E-state index >= 15 is 0 Å². The number of azide groups is 1. The first kappa shape index (κ1) is 40.5. The number of carbonyl (C=O) groups excluding carboxylic acids is 2. The zero-order valence-electron chi connectivity index (χ0n) is 34.5. The van der Waals surface area contributed by atoms with Crippen LogP contribution >= 0.6 is 0 Å². The summed E-state index contributed by atoms with van der Waals surface area (Å²) >= 11 is 0. The first-order chi connectivity index (χ1) is 29.5. The highest BCUT2D eigenvalue weighted by atomic mass is 16.5. The van der Waals surface area contributed by atoms with E-state index in [-0.39, 0.29) is 48.1 Å². The molecule has 308 valence electrons. The van der Waals surface area contributed by atoms with E-state index in [9.17, 15) is 14.4 Å². The Kier molecular flexibility index (Phi) is 11.4. The molecule has 61 heavy (non-hydrogen) atoms. The summed E-state index contributed by atoms with van der Waals surface area (Å²) in [6, 6.07) is 29.1. The van der Waals surface area contributed by atoms with Gasteiger partial charge in [-0.1, -0.05) is 61.4 Å². The van der Waals surface area contributed by atoms with Crippen molar-refractivity contribution in [1.29, 1.82) is 0 Å². The summed E-state index contributed by atoms with van der Waals surface area (Å²) in [6.45, 7) is 8.60. The van der Waals surface area contributed by atoms with Crippen LogP contribution in [0.25, 0.3) is 43.9 Å². The predicted molar refractivity (Wildman–Crippen MR) is 232 cm³/mol. The molecule has 4 aromatic carbocycles. The van der Waals surface area contributed by atoms with E-state index in [0.29, 0.717) is 41.6 Å². The number of aryl methyl sites for hydroxylation is 2. The molecule has 0 radical (unpaired) electrons. The smallest absolute Gasteiger partial charge is 0.355 e. The van der Waals surface area contributed by atoms with Crippen molar-refractivity contribution in [3.8, 4) is 39.7 Å². The highest BCUT2D eigenvalue weighted by molar-refractivity contribution is 6.03. The number of rotatable bonds is 14. The summed E-state index contributed by atoms with van der Waals surface area (Å²) in [7, 11) is 1.64. The Balaban J connectivity index is 0.937. The molecule has 12 nitrogen and oxygen atoms in total. The van der Waals surface area contributed by atoms with E-state index in [1.165, 1.54) is 6.07 Å². The first-order valence-electron chi connectivity index (χ1n) is 20.1. The molecule has 3 heterocycles. The number of allylic oxidation sites excluding steroid dienone is 1. The van der Waals surface area contributed by atoms with Gasteiger partial charge in [-0.25, -0.2) is 4.79 Å². The van der Waals surface area contributed by atoms with E-state index < -0.39 is 5.97 Å². The third kappa shape index (κ3) is 8.18. The lowest BCUT2D eigenvalue weighted by Crippen LogP contribution is -2.60. The van der Waals surface area contributed by atoms with Gasteiger partial charge in [0.1, 0.15) is 54.1 Å². The molecule has 1 amide bonds. The quantitative estimate of drug-likeness (QED) is 0.0263. The fraction of sp³-hybridized carbons (Fsp3) is 0.245. The fourth-order valence-electron chi connectivity index (χ4n) is 8.30. The molecule has 3 aliphatic heterocycles. The van der Waals surface area contributed by atoms with Crippen LogP contribution < -0.4 is 19.6 Å². The number of fused-ring (bicyclic) bond motifs is 3. The first-order valence-corrected chi connectivity index (χ1v) is 20.1. The third-order valence-corrected chi connectivity index (χ3v) is 11.3. The molecule has 0 aromatic heterocycles. The van der Waals surface area contributed by atoms with Gasteiger partial charge in [-0.2, -0.15) is 0 Å². The number of carbonyl (C=O) groups is 2. The molecule has 0 N–H and O–H groups in total. The van der Waals surface area contributed by atoms with Crippen LogP contribution in [0, 0.1) is 25.7 Å². The second-order valence-corrected chi connectivity index (χ2v) is 15.6. The number of methoxy groups -OCH3 is 1. The molecule has 8 rings (SSSR count). The lowest BCUT2D eigenvalue weighted by atomic mass is 9.79. The summed E-state index contributed by atoms with van der Waals surface area (Å²) in [4.78, 5) is 43.4. The van der Waals surface area contributed by atoms with Crippen molar-refractivity contribution in [2.45, 2.75) is 53.4 Å². The Labute approximate surface area is 352 Å². The highest BCUT2D eigenvalue weighted by Gasteiger charge is 2.55. The van der Waals surface area contributed by atoms with Crippen LogP contribution in [0.4, 0.5) is 5.69 Å². The van der Waals surface area contributed by atoms with Crippen molar-refractivity contribution in [1.82, 2.24) is 4.90 Å². The number of hydrogen-bond donors (Lipinski definition) is 0. The van der Waals surface area contributed by atoms with Gasteiger partial charge in [-0.3, -0.25) is 9.59 Å². The van der Waals surface area contributed by atoms with Crippen LogP contribution in [0.5, 0.6) is 17.2 Å². The Morgan fingerprint density at radius 2 is 1.66 bits per heavy atom. The van der Waals surface area contributed by atoms with Crippen molar-refractivity contribution in [2.24, 2.45) is 17.0 Å². The number of esters is 1. The Morgan fingerprint density at radius 1 is 0.885 bits per heavy atom. The topological polar surface area (TPSA) is 153 Å². The van der Waals surface area contributed by atoms with E-state index in [4.69, 9.17) is 28.9 Å². The molecule has 4 aromatic rings. The zero-order valence-corrected chi connectivity index (χ0v) is 34.5. The summed E-state index contributed by atoms with van der Waals surface area (Å²) in [5.74, 6) is 1.93. The van der Waals surface area contributed by atoms with Gasteiger partial charge in [-0.15, -0.1) is 0 Å². The molecule has 1 saturated heterocycles. The summed E-state index contributed by atoms with van der Waals surface area (Å²) in [5.41, 5.74) is 17.0. The van der Waals surface area contributed by atoms with Gasteiger partial charge >= 0.3 is 5.97 Å². The molecule has 0 unspecified atom stereocenters. The number of benzene rings is 5. The lowest BCUT2D eigenvalue weighted by molar-refractivity contribution is -0.159. The third-order valence-electron chi connectivity index (χ3n) is 11.3. The lowest BCUT2D eigenvalue weighted by Gasteiger charge is -2.45. The molecule has 1 aliphatic carbocycles. The number of nitrogens with zero attached hydrogens (tertiary/aromatic N) is 4. The molecular weight excluding hydrogens is 773 g/mol. The largest absolute Gasteiger partial charge is 0.497 e. The van der Waals surface area contributed by atoms with Crippen molar-refractivity contribution in [2.75, 3.05) is 13.7 Å². The number of β-lactam (4-membered cyclic amide) rings is 1. The Morgan fingerprint density at radius 3 is 2.39 bits per heavy atom. The number of ether oxygens (including phenoxy) is 4. The molecule has 0 saturated carbocycles. The van der Waals surface area contributed by atoms with Crippen LogP contribution in [-0.2, 0) is 27.5 Å². The highest BCUT2D eigenvalue weighted by Crippen LogP contribution is 2.46. The molecule has 2 atom stereocenters. The molecule has 12 heteroatoms. The van der Waals surface area contributed by atoms with E-state index in [0.717, 1.165) is 55.7 Å². The van der Waals surface area contributed by atoms with Crippen LogP contribution in [0.3, 0.4) is 0 Å². The van der Waals surface area contributed by atoms with Gasteiger partial charge in [-0.05, 0) is 120 Å². The predicted octanol–water partition coefficient (Wildman–Crippen LogP) is 10.5. The normalized spacial score (nSPS) is 15.9. The maximum absolute atomic E-state index is 13.5. The minimum atomic E-state index is -0.566. The molecule has 0 bridgehead atoms. The van der Waals surface area contributed by atoms with E-state index in [2.05, 4.69) is 10.0 Å². The van der Waals surface area contributed by atoms with Crippen LogP contribution in [-0.4, -0.2) is 36.5 Å². The minimum Gasteiger partial charge on any atom is -0.497 e. The molecule has 1 fully saturated rings. The van der Waals surface area contributed by atoms with Crippen molar-refractivity contribution in [3.63, 3.8) is 0 Å². The van der Waals surface area contributed by atoms with Gasteiger partial charge < -0.3 is 28.3 Å². The van der Waals surface area contributed by atoms with Crippen molar-refractivity contribution in [3.05, 3.63) is 163 Å². The van der Waals surface area contributed by atoms with Gasteiger partial charge in [0.25, 0.3) is 0 Å². The minimum absolute atomic E-state index is 0.00522. The van der Waals surface area contributed by atoms with E-state index in [1.54, 1.807) is 42.3 Å². The maximum atomic E-state index is 13.5. The van der Waals surface area contributed by atoms with Gasteiger partial charge in [0, 0.05) is 39.2 Å². The second-order valence-electron chi connectivity index (χ2n) is 15.6. The van der Waals surface area contributed by atoms with Gasteiger partial charge in [0.2, 0.25) is 5.91 Å².